The lowest BCUT2D eigenvalue weighted by Gasteiger charge is -2.50. The van der Waals surface area contributed by atoms with Crippen LogP contribution in [0.15, 0.2) is 94.6 Å². The van der Waals surface area contributed by atoms with Crippen LogP contribution in [0.2, 0.25) is 0 Å². The van der Waals surface area contributed by atoms with Gasteiger partial charge in [0, 0.05) is 46.4 Å². The van der Waals surface area contributed by atoms with Crippen LogP contribution < -0.4 is 0 Å². The van der Waals surface area contributed by atoms with Crippen molar-refractivity contribution in [2.75, 3.05) is 0 Å². The first kappa shape index (κ1) is 32.9. The summed E-state index contributed by atoms with van der Waals surface area (Å²) in [5.41, 5.74) is 10.6. The van der Waals surface area contributed by atoms with Gasteiger partial charge in [-0.25, -0.2) is 0 Å². The molecule has 11 rings (SSSR count). The van der Waals surface area contributed by atoms with Crippen LogP contribution in [0.25, 0.3) is 0 Å². The molecule has 1 N–H and O–H groups in total. The van der Waals surface area contributed by atoms with E-state index in [0.29, 0.717) is 41.8 Å². The molecule has 2 saturated carbocycles. The summed E-state index contributed by atoms with van der Waals surface area (Å²) in [6.07, 6.45) is 53.1. The Labute approximate surface area is 314 Å². The Kier molecular flexibility index (Phi) is 8.26. The minimum absolute atomic E-state index is 0.154. The van der Waals surface area contributed by atoms with Crippen molar-refractivity contribution in [3.05, 3.63) is 94.6 Å². The van der Waals surface area contributed by atoms with Crippen molar-refractivity contribution in [1.82, 2.24) is 9.80 Å². The van der Waals surface area contributed by atoms with Gasteiger partial charge in [-0.05, 0) is 163 Å². The molecule has 276 valence electrons. The van der Waals surface area contributed by atoms with Crippen LogP contribution in [-0.2, 0) is 0 Å². The molecule has 0 spiro atoms. The van der Waals surface area contributed by atoms with Gasteiger partial charge in [0.15, 0.2) is 0 Å². The Hall–Kier alpha value is -2.52. The van der Waals surface area contributed by atoms with E-state index >= 15 is 0 Å². The highest BCUT2D eigenvalue weighted by Gasteiger charge is 2.63. The monoisotopic (exact) mass is 697 g/mol. The Morgan fingerprint density at radius 2 is 1.42 bits per heavy atom. The SMILES string of the molecule is OC1CC=C(C2(C3=CCCCC3)C3CCC(N4C5=C(CCC=C5)C5CCCCC54)=CC3C3C=C(N4C5C=CCCC5C5C=CCCC54)CCC32)CC1. The second kappa shape index (κ2) is 13.1. The Morgan fingerprint density at radius 3 is 2.27 bits per heavy atom. The van der Waals surface area contributed by atoms with E-state index in [4.69, 9.17) is 0 Å². The molecular formula is C49H64N2O. The summed E-state index contributed by atoms with van der Waals surface area (Å²) in [5.74, 6) is 4.87. The number of allylic oxidation sites excluding steroid dienone is 11. The first-order valence-electron chi connectivity index (χ1n) is 22.5. The van der Waals surface area contributed by atoms with E-state index in [1.165, 1.54) is 116 Å². The van der Waals surface area contributed by atoms with E-state index in [2.05, 4.69) is 70.6 Å². The van der Waals surface area contributed by atoms with Gasteiger partial charge < -0.3 is 14.9 Å². The third kappa shape index (κ3) is 4.85. The van der Waals surface area contributed by atoms with Crippen molar-refractivity contribution in [2.24, 2.45) is 46.8 Å². The zero-order valence-electron chi connectivity index (χ0n) is 31.8. The average molecular weight is 697 g/mol. The van der Waals surface area contributed by atoms with E-state index in [1.807, 2.05) is 11.1 Å². The molecule has 3 fully saturated rings. The maximum atomic E-state index is 10.8. The zero-order chi connectivity index (χ0) is 34.4. The molecule has 12 unspecified atom stereocenters. The first-order chi connectivity index (χ1) is 25.7. The summed E-state index contributed by atoms with van der Waals surface area (Å²) < 4.78 is 0. The second-order valence-corrected chi connectivity index (χ2v) is 19.2. The molecule has 9 aliphatic carbocycles. The number of nitrogens with zero attached hydrogens (tertiary/aromatic N) is 2. The van der Waals surface area contributed by atoms with Crippen LogP contribution >= 0.6 is 0 Å². The van der Waals surface area contributed by atoms with Gasteiger partial charge in [0.2, 0.25) is 0 Å². The Morgan fingerprint density at radius 1 is 0.615 bits per heavy atom. The van der Waals surface area contributed by atoms with E-state index in [-0.39, 0.29) is 11.5 Å². The second-order valence-electron chi connectivity index (χ2n) is 19.2. The van der Waals surface area contributed by atoms with Crippen molar-refractivity contribution in [1.29, 1.82) is 0 Å². The van der Waals surface area contributed by atoms with Crippen LogP contribution in [0, 0.1) is 46.8 Å². The number of hydrogen-bond acceptors (Lipinski definition) is 3. The topological polar surface area (TPSA) is 26.7 Å². The lowest BCUT2D eigenvalue weighted by molar-refractivity contribution is 0.132. The molecule has 52 heavy (non-hydrogen) atoms. The van der Waals surface area contributed by atoms with Gasteiger partial charge >= 0.3 is 0 Å². The van der Waals surface area contributed by atoms with E-state index in [0.717, 1.165) is 37.0 Å². The molecule has 11 aliphatic rings. The molecule has 0 bridgehead atoms. The van der Waals surface area contributed by atoms with E-state index < -0.39 is 0 Å². The number of aliphatic hydroxyl groups excluding tert-OH is 1. The van der Waals surface area contributed by atoms with Crippen molar-refractivity contribution in [2.45, 2.75) is 159 Å². The fourth-order valence-corrected chi connectivity index (χ4v) is 15.3. The minimum atomic E-state index is -0.154. The molecule has 1 saturated heterocycles. The van der Waals surface area contributed by atoms with Crippen molar-refractivity contribution >= 4 is 0 Å². The molecule has 0 radical (unpaired) electrons. The smallest absolute Gasteiger partial charge is 0.0577 e. The van der Waals surface area contributed by atoms with E-state index in [1.54, 1.807) is 22.7 Å². The Bertz CT molecular complexity index is 1700. The maximum Gasteiger partial charge on any atom is 0.0577 e. The molecule has 0 aromatic heterocycles. The lowest BCUT2D eigenvalue weighted by Crippen LogP contribution is -2.43. The summed E-state index contributed by atoms with van der Waals surface area (Å²) >= 11 is 0. The van der Waals surface area contributed by atoms with Gasteiger partial charge in [0.1, 0.15) is 0 Å². The van der Waals surface area contributed by atoms with Gasteiger partial charge in [-0.1, -0.05) is 78.7 Å². The van der Waals surface area contributed by atoms with Crippen LogP contribution in [-0.4, -0.2) is 39.1 Å². The van der Waals surface area contributed by atoms with Gasteiger partial charge in [-0.3, -0.25) is 0 Å². The minimum Gasteiger partial charge on any atom is -0.393 e. The highest BCUT2D eigenvalue weighted by atomic mass is 16.3. The average Bonchev–Trinajstić information content (AvgIpc) is 3.82. The van der Waals surface area contributed by atoms with Gasteiger partial charge in [-0.15, -0.1) is 0 Å². The molecule has 0 aromatic rings. The molecule has 2 aliphatic heterocycles. The molecule has 3 nitrogen and oxygen atoms in total. The number of fused-ring (bicyclic) bond motifs is 8. The molecular weight excluding hydrogens is 633 g/mol. The molecule has 0 amide bonds. The predicted octanol–water partition coefficient (Wildman–Crippen LogP) is 11.2. The summed E-state index contributed by atoms with van der Waals surface area (Å²) in [4.78, 5) is 5.99. The maximum absolute atomic E-state index is 10.8. The molecule has 2 heterocycles. The first-order valence-corrected chi connectivity index (χ1v) is 22.5. The fraction of sp³-hybridized carbons (Fsp3) is 0.673. The molecule has 12 atom stereocenters. The van der Waals surface area contributed by atoms with Crippen molar-refractivity contribution < 1.29 is 5.11 Å². The Balaban J connectivity index is 1.05. The standard InChI is InChI=1S/C49H64N2O/c52-36-26-22-33(23-27-36)49(32-12-2-1-3-13-32)43-28-24-34(50-45-18-8-4-14-37(45)38-15-5-9-19-46(38)50)30-41(43)42-31-35(25-29-44(42)49)51-47-20-10-6-16-39(47)40-17-7-11-21-48(40)51/h4,9-10,12,14,19-20,22,30-31,36-38,40-46,48,52H,1-3,5-8,11,13,15-18,21,23-29H2. The van der Waals surface area contributed by atoms with Gasteiger partial charge in [0.05, 0.1) is 12.1 Å². The molecule has 0 aromatic carbocycles. The highest BCUT2D eigenvalue weighted by molar-refractivity contribution is 5.45. The van der Waals surface area contributed by atoms with Crippen LogP contribution in [0.5, 0.6) is 0 Å². The largest absolute Gasteiger partial charge is 0.393 e. The third-order valence-electron chi connectivity index (χ3n) is 17.1. The quantitative estimate of drug-likeness (QED) is 0.296. The van der Waals surface area contributed by atoms with Gasteiger partial charge in [0.25, 0.3) is 0 Å². The third-order valence-corrected chi connectivity index (χ3v) is 17.1. The van der Waals surface area contributed by atoms with E-state index in [9.17, 15) is 5.11 Å². The summed E-state index contributed by atoms with van der Waals surface area (Å²) in [6, 6.07) is 1.97. The fourth-order valence-electron chi connectivity index (χ4n) is 15.3. The number of aliphatic hydroxyl groups is 1. The highest BCUT2D eigenvalue weighted by Crippen LogP contribution is 2.70. The van der Waals surface area contributed by atoms with Crippen LogP contribution in [0.4, 0.5) is 0 Å². The zero-order valence-corrected chi connectivity index (χ0v) is 31.8. The number of hydrogen-bond donors (Lipinski definition) is 1. The van der Waals surface area contributed by atoms with Crippen LogP contribution in [0.1, 0.15) is 135 Å². The predicted molar refractivity (Wildman–Crippen MR) is 212 cm³/mol. The lowest BCUT2D eigenvalue weighted by atomic mass is 9.55. The summed E-state index contributed by atoms with van der Waals surface area (Å²) in [6.45, 7) is 0. The summed E-state index contributed by atoms with van der Waals surface area (Å²) in [5, 5.41) is 10.8. The summed E-state index contributed by atoms with van der Waals surface area (Å²) in [7, 11) is 0. The number of rotatable bonds is 4. The van der Waals surface area contributed by atoms with Crippen LogP contribution in [0.3, 0.4) is 0 Å². The number of likely N-dealkylation sites (tertiary alicyclic amines) is 1. The normalized spacial score (nSPS) is 44.9. The van der Waals surface area contributed by atoms with Crippen molar-refractivity contribution in [3.63, 3.8) is 0 Å². The van der Waals surface area contributed by atoms with Gasteiger partial charge in [-0.2, -0.15) is 0 Å². The molecule has 3 heteroatoms. The van der Waals surface area contributed by atoms with Crippen molar-refractivity contribution in [3.8, 4) is 0 Å².